The summed E-state index contributed by atoms with van der Waals surface area (Å²) in [6, 6.07) is 18.5. The van der Waals surface area contributed by atoms with Gasteiger partial charge in [-0.25, -0.2) is 8.42 Å². The molecular weight excluding hydrogens is 424 g/mol. The fourth-order valence-corrected chi connectivity index (χ4v) is 3.87. The van der Waals surface area contributed by atoms with Crippen LogP contribution >= 0.6 is 11.6 Å². The van der Waals surface area contributed by atoms with Gasteiger partial charge in [0.1, 0.15) is 0 Å². The first-order valence-corrected chi connectivity index (χ1v) is 11.0. The van der Waals surface area contributed by atoms with E-state index in [1.54, 1.807) is 12.1 Å². The van der Waals surface area contributed by atoms with E-state index in [1.807, 2.05) is 44.2 Å². The van der Waals surface area contributed by atoms with Crippen molar-refractivity contribution in [1.82, 2.24) is 10.2 Å². The number of hydrogen-bond donors (Lipinski definition) is 2. The predicted molar refractivity (Wildman–Crippen MR) is 117 cm³/mol. The van der Waals surface area contributed by atoms with Crippen molar-refractivity contribution in [2.45, 2.75) is 25.2 Å². The molecule has 9 heteroatoms. The number of hydrogen-bond acceptors (Lipinski definition) is 5. The van der Waals surface area contributed by atoms with Crippen molar-refractivity contribution in [2.24, 2.45) is 5.41 Å². The van der Waals surface area contributed by atoms with Crippen molar-refractivity contribution in [3.8, 4) is 0 Å². The zero-order chi connectivity index (χ0) is 21.8. The second kappa shape index (κ2) is 8.81. The van der Waals surface area contributed by atoms with E-state index in [0.29, 0.717) is 12.1 Å². The van der Waals surface area contributed by atoms with Gasteiger partial charge in [0.05, 0.1) is 4.90 Å². The lowest BCUT2D eigenvalue weighted by Crippen LogP contribution is -2.32. The maximum Gasteiger partial charge on any atom is 0.263 e. The zero-order valence-corrected chi connectivity index (χ0v) is 18.0. The molecule has 3 rings (SSSR count). The van der Waals surface area contributed by atoms with Crippen LogP contribution in [0.5, 0.6) is 0 Å². The summed E-state index contributed by atoms with van der Waals surface area (Å²) in [5.74, 6) is -0.101. The van der Waals surface area contributed by atoms with E-state index < -0.39 is 15.4 Å². The van der Waals surface area contributed by atoms with Gasteiger partial charge in [-0.1, -0.05) is 55.8 Å². The average Bonchev–Trinajstić information content (AvgIpc) is 2.70. The van der Waals surface area contributed by atoms with E-state index in [-0.39, 0.29) is 21.8 Å². The first kappa shape index (κ1) is 21.7. The SMILES string of the molecule is CC(C)(Cc1ccccc1)C(=O)Nc1ccc(S(=O)(=O)Nc2ccc(Cl)nn2)cc1. The minimum absolute atomic E-state index is 0.0285. The van der Waals surface area contributed by atoms with Gasteiger partial charge in [0.2, 0.25) is 5.91 Å². The highest BCUT2D eigenvalue weighted by molar-refractivity contribution is 7.92. The first-order chi connectivity index (χ1) is 14.2. The molecule has 1 aromatic heterocycles. The summed E-state index contributed by atoms with van der Waals surface area (Å²) in [6.07, 6.45) is 0.582. The number of carbonyl (C=O) groups excluding carboxylic acids is 1. The lowest BCUT2D eigenvalue weighted by Gasteiger charge is -2.23. The second-order valence-corrected chi connectivity index (χ2v) is 9.44. The van der Waals surface area contributed by atoms with Crippen molar-refractivity contribution in [2.75, 3.05) is 10.0 Å². The van der Waals surface area contributed by atoms with Gasteiger partial charge < -0.3 is 5.32 Å². The molecule has 0 spiro atoms. The molecule has 3 aromatic rings. The van der Waals surface area contributed by atoms with Crippen molar-refractivity contribution in [1.29, 1.82) is 0 Å². The number of aromatic nitrogens is 2. The van der Waals surface area contributed by atoms with E-state index in [9.17, 15) is 13.2 Å². The number of carbonyl (C=O) groups is 1. The third-order valence-corrected chi connectivity index (χ3v) is 5.97. The van der Waals surface area contributed by atoms with Gasteiger partial charge in [0.15, 0.2) is 11.0 Å². The summed E-state index contributed by atoms with van der Waals surface area (Å²) in [4.78, 5) is 12.7. The monoisotopic (exact) mass is 444 g/mol. The van der Waals surface area contributed by atoms with Gasteiger partial charge >= 0.3 is 0 Å². The number of nitrogens with one attached hydrogen (secondary N) is 2. The van der Waals surface area contributed by atoms with E-state index in [2.05, 4.69) is 20.2 Å². The molecule has 0 radical (unpaired) electrons. The molecule has 0 aliphatic carbocycles. The standard InChI is InChI=1S/C21H21ClN4O3S/c1-21(2,14-15-6-4-3-5-7-15)20(27)23-16-8-10-17(11-9-16)30(28,29)26-19-13-12-18(22)24-25-19/h3-13H,14H2,1-2H3,(H,23,27)(H,25,26). The number of anilines is 2. The Bertz CT molecular complexity index is 1120. The quantitative estimate of drug-likeness (QED) is 0.570. The molecule has 0 saturated carbocycles. The number of rotatable bonds is 7. The summed E-state index contributed by atoms with van der Waals surface area (Å²) in [7, 11) is -3.85. The highest BCUT2D eigenvalue weighted by atomic mass is 35.5. The largest absolute Gasteiger partial charge is 0.326 e. The molecule has 0 saturated heterocycles. The topological polar surface area (TPSA) is 101 Å². The number of benzene rings is 2. The minimum atomic E-state index is -3.85. The van der Waals surface area contributed by atoms with Crippen LogP contribution < -0.4 is 10.0 Å². The van der Waals surface area contributed by atoms with Gasteiger partial charge in [-0.15, -0.1) is 10.2 Å². The Labute approximate surface area is 180 Å². The Balaban J connectivity index is 1.67. The van der Waals surface area contributed by atoms with Gasteiger partial charge in [-0.3, -0.25) is 9.52 Å². The van der Waals surface area contributed by atoms with Crippen LogP contribution in [0.2, 0.25) is 5.15 Å². The van der Waals surface area contributed by atoms with Gasteiger partial charge in [0.25, 0.3) is 10.0 Å². The molecule has 1 heterocycles. The van der Waals surface area contributed by atoms with E-state index in [0.717, 1.165) is 5.56 Å². The highest BCUT2D eigenvalue weighted by Crippen LogP contribution is 2.25. The lowest BCUT2D eigenvalue weighted by molar-refractivity contribution is -0.123. The molecule has 1 amide bonds. The van der Waals surface area contributed by atoms with Crippen LogP contribution in [0.25, 0.3) is 0 Å². The third-order valence-electron chi connectivity index (χ3n) is 4.40. The fraction of sp³-hybridized carbons (Fsp3) is 0.190. The van der Waals surface area contributed by atoms with Crippen LogP contribution in [0.3, 0.4) is 0 Å². The molecule has 2 aromatic carbocycles. The molecule has 2 N–H and O–H groups in total. The molecule has 0 atom stereocenters. The number of sulfonamides is 1. The van der Waals surface area contributed by atoms with Gasteiger partial charge in [-0.2, -0.15) is 0 Å². The summed E-state index contributed by atoms with van der Waals surface area (Å²) >= 11 is 5.65. The Morgan fingerprint density at radius 1 is 0.967 bits per heavy atom. The van der Waals surface area contributed by atoms with Crippen LogP contribution in [0.15, 0.2) is 71.6 Å². The van der Waals surface area contributed by atoms with Crippen LogP contribution in [0.1, 0.15) is 19.4 Å². The van der Waals surface area contributed by atoms with Crippen LogP contribution in [0, 0.1) is 5.41 Å². The first-order valence-electron chi connectivity index (χ1n) is 9.13. The van der Waals surface area contributed by atoms with Crippen molar-refractivity contribution >= 4 is 39.0 Å². The van der Waals surface area contributed by atoms with Crippen LogP contribution in [-0.4, -0.2) is 24.5 Å². The molecule has 156 valence electrons. The Kier molecular flexibility index (Phi) is 6.38. The van der Waals surface area contributed by atoms with Gasteiger partial charge in [0, 0.05) is 11.1 Å². The average molecular weight is 445 g/mol. The molecule has 7 nitrogen and oxygen atoms in total. The summed E-state index contributed by atoms with van der Waals surface area (Å²) < 4.78 is 27.3. The molecule has 0 aliphatic rings. The van der Waals surface area contributed by atoms with Crippen molar-refractivity contribution in [3.05, 3.63) is 77.4 Å². The molecule has 0 aliphatic heterocycles. The Hall–Kier alpha value is -2.97. The lowest BCUT2D eigenvalue weighted by atomic mass is 9.85. The van der Waals surface area contributed by atoms with Crippen LogP contribution in [0.4, 0.5) is 11.5 Å². The van der Waals surface area contributed by atoms with E-state index >= 15 is 0 Å². The van der Waals surface area contributed by atoms with Crippen molar-refractivity contribution < 1.29 is 13.2 Å². The predicted octanol–water partition coefficient (Wildman–Crippen LogP) is 4.14. The number of nitrogens with zero attached hydrogens (tertiary/aromatic N) is 2. The molecule has 30 heavy (non-hydrogen) atoms. The van der Waals surface area contributed by atoms with E-state index in [4.69, 9.17) is 11.6 Å². The fourth-order valence-electron chi connectivity index (χ4n) is 2.77. The maximum absolute atomic E-state index is 12.7. The Morgan fingerprint density at radius 3 is 2.23 bits per heavy atom. The summed E-state index contributed by atoms with van der Waals surface area (Å²) in [6.45, 7) is 3.73. The molecule has 0 fully saturated rings. The summed E-state index contributed by atoms with van der Waals surface area (Å²) in [5.41, 5.74) is 0.933. The molecule has 0 bridgehead atoms. The number of amides is 1. The molecular formula is C21H21ClN4O3S. The smallest absolute Gasteiger partial charge is 0.263 e. The highest BCUT2D eigenvalue weighted by Gasteiger charge is 2.28. The van der Waals surface area contributed by atoms with Crippen LogP contribution in [-0.2, 0) is 21.2 Å². The Morgan fingerprint density at radius 2 is 1.63 bits per heavy atom. The second-order valence-electron chi connectivity index (χ2n) is 7.37. The van der Waals surface area contributed by atoms with E-state index in [1.165, 1.54) is 24.3 Å². The third kappa shape index (κ3) is 5.55. The maximum atomic E-state index is 12.7. The number of halogens is 1. The normalized spacial score (nSPS) is 11.7. The zero-order valence-electron chi connectivity index (χ0n) is 16.5. The van der Waals surface area contributed by atoms with Crippen molar-refractivity contribution in [3.63, 3.8) is 0 Å². The molecule has 0 unspecified atom stereocenters. The van der Waals surface area contributed by atoms with Gasteiger partial charge in [-0.05, 0) is 48.4 Å². The summed E-state index contributed by atoms with van der Waals surface area (Å²) in [5, 5.41) is 10.3. The minimum Gasteiger partial charge on any atom is -0.326 e.